The minimum absolute atomic E-state index is 0.0292. The van der Waals surface area contributed by atoms with Crippen molar-refractivity contribution in [2.75, 3.05) is 6.54 Å². The summed E-state index contributed by atoms with van der Waals surface area (Å²) in [5, 5.41) is 7.68. The number of fused-ring (bicyclic) bond motifs is 1. The maximum atomic E-state index is 14.0. The predicted molar refractivity (Wildman–Crippen MR) is 121 cm³/mol. The molecular formula is C22H20Cl2FN5O3. The zero-order valence-corrected chi connectivity index (χ0v) is 18.9. The Morgan fingerprint density at radius 1 is 1.21 bits per heavy atom. The average Bonchev–Trinajstić information content (AvgIpc) is 3.55. The molecule has 0 aliphatic heterocycles. The molecule has 0 saturated heterocycles. The summed E-state index contributed by atoms with van der Waals surface area (Å²) in [7, 11) is 0. The summed E-state index contributed by atoms with van der Waals surface area (Å²) in [6, 6.07) is 9.29. The molecule has 3 aromatic rings. The van der Waals surface area contributed by atoms with Crippen LogP contribution in [0.15, 0.2) is 36.4 Å². The van der Waals surface area contributed by atoms with Crippen molar-refractivity contribution in [3.63, 3.8) is 0 Å². The highest BCUT2D eigenvalue weighted by atomic mass is 35.5. The van der Waals surface area contributed by atoms with Crippen molar-refractivity contribution in [2.45, 2.75) is 32.0 Å². The van der Waals surface area contributed by atoms with E-state index in [9.17, 15) is 18.8 Å². The maximum Gasteiger partial charge on any atom is 0.269 e. The molecule has 0 radical (unpaired) electrons. The Morgan fingerprint density at radius 3 is 2.67 bits per heavy atom. The van der Waals surface area contributed by atoms with Crippen LogP contribution in [0, 0.1) is 5.82 Å². The second-order valence-electron chi connectivity index (χ2n) is 7.77. The standard InChI is InChI=1S/C22H20Cl2FN5O3/c23-13-4-7-15-17(8-13)30(28-21(15)22(26)33)11-19(32)29(14-5-6-14)10-18(31)27-9-12-2-1-3-16(24)20(12)25/h1-4,7-8,14H,5-6,9-11H2,(H2,26,33)(H,27,31). The fraction of sp³-hybridized carbons (Fsp3) is 0.273. The summed E-state index contributed by atoms with van der Waals surface area (Å²) < 4.78 is 15.4. The van der Waals surface area contributed by atoms with Gasteiger partial charge in [-0.2, -0.15) is 5.10 Å². The third kappa shape index (κ3) is 5.09. The molecule has 1 aliphatic rings. The minimum atomic E-state index is -0.722. The van der Waals surface area contributed by atoms with Gasteiger partial charge in [-0.15, -0.1) is 0 Å². The molecule has 2 aromatic carbocycles. The Balaban J connectivity index is 1.47. The second kappa shape index (κ2) is 9.36. The molecule has 1 saturated carbocycles. The van der Waals surface area contributed by atoms with Crippen molar-refractivity contribution < 1.29 is 18.8 Å². The van der Waals surface area contributed by atoms with Crippen LogP contribution in [0.5, 0.6) is 0 Å². The number of nitrogens with one attached hydrogen (secondary N) is 1. The monoisotopic (exact) mass is 491 g/mol. The van der Waals surface area contributed by atoms with E-state index in [2.05, 4.69) is 10.4 Å². The number of nitrogens with zero attached hydrogens (tertiary/aromatic N) is 3. The first kappa shape index (κ1) is 23.0. The van der Waals surface area contributed by atoms with Crippen molar-refractivity contribution in [3.05, 3.63) is 63.5 Å². The fourth-order valence-corrected chi connectivity index (χ4v) is 3.93. The maximum absolute atomic E-state index is 14.0. The van der Waals surface area contributed by atoms with Gasteiger partial charge in [0.15, 0.2) is 5.69 Å². The third-order valence-electron chi connectivity index (χ3n) is 5.36. The molecule has 1 fully saturated rings. The van der Waals surface area contributed by atoms with Crippen molar-refractivity contribution in [1.29, 1.82) is 0 Å². The first-order chi connectivity index (χ1) is 15.7. The largest absolute Gasteiger partial charge is 0.364 e. The van der Waals surface area contributed by atoms with Gasteiger partial charge in [-0.25, -0.2) is 4.39 Å². The topological polar surface area (TPSA) is 110 Å². The van der Waals surface area contributed by atoms with Gasteiger partial charge in [-0.1, -0.05) is 35.3 Å². The summed E-state index contributed by atoms with van der Waals surface area (Å²) in [5.41, 5.74) is 6.19. The summed E-state index contributed by atoms with van der Waals surface area (Å²) in [5.74, 6) is -2.09. The van der Waals surface area contributed by atoms with E-state index in [1.165, 1.54) is 21.7 Å². The molecule has 0 spiro atoms. The average molecular weight is 492 g/mol. The number of carbonyl (C=O) groups excluding carboxylic acids is 3. The fourth-order valence-electron chi connectivity index (χ4n) is 3.57. The van der Waals surface area contributed by atoms with Crippen LogP contribution in [0.25, 0.3) is 10.9 Å². The van der Waals surface area contributed by atoms with E-state index in [0.717, 1.165) is 12.8 Å². The molecular weight excluding hydrogens is 472 g/mol. The summed E-state index contributed by atoms with van der Waals surface area (Å²) in [4.78, 5) is 38.8. The van der Waals surface area contributed by atoms with Crippen molar-refractivity contribution in [2.24, 2.45) is 5.73 Å². The van der Waals surface area contributed by atoms with Gasteiger partial charge < -0.3 is 16.0 Å². The van der Waals surface area contributed by atoms with E-state index < -0.39 is 17.6 Å². The Hall–Kier alpha value is -3.17. The van der Waals surface area contributed by atoms with E-state index in [1.54, 1.807) is 24.3 Å². The predicted octanol–water partition coefficient (Wildman–Crippen LogP) is 2.89. The smallest absolute Gasteiger partial charge is 0.269 e. The van der Waals surface area contributed by atoms with E-state index in [4.69, 9.17) is 28.9 Å². The van der Waals surface area contributed by atoms with Crippen LogP contribution < -0.4 is 11.1 Å². The highest BCUT2D eigenvalue weighted by Gasteiger charge is 2.34. The van der Waals surface area contributed by atoms with Crippen LogP contribution in [-0.4, -0.2) is 45.0 Å². The first-order valence-corrected chi connectivity index (χ1v) is 10.9. The summed E-state index contributed by atoms with van der Waals surface area (Å²) in [6.45, 7) is -0.437. The number of hydrogen-bond donors (Lipinski definition) is 2. The van der Waals surface area contributed by atoms with Crippen LogP contribution in [0.1, 0.15) is 28.9 Å². The number of halogens is 3. The summed E-state index contributed by atoms with van der Waals surface area (Å²) >= 11 is 11.8. The molecule has 3 N–H and O–H groups in total. The number of aromatic nitrogens is 2. The molecule has 4 rings (SSSR count). The van der Waals surface area contributed by atoms with Gasteiger partial charge in [0.05, 0.1) is 17.1 Å². The number of primary amides is 1. The number of nitrogens with two attached hydrogens (primary N) is 1. The molecule has 1 aliphatic carbocycles. The lowest BCUT2D eigenvalue weighted by Gasteiger charge is -2.22. The van der Waals surface area contributed by atoms with Gasteiger partial charge in [0.25, 0.3) is 5.91 Å². The lowest BCUT2D eigenvalue weighted by Crippen LogP contribution is -2.43. The number of rotatable bonds is 8. The molecule has 0 bridgehead atoms. The number of benzene rings is 2. The Labute approximate surface area is 198 Å². The Kier molecular flexibility index (Phi) is 6.53. The van der Waals surface area contributed by atoms with Crippen LogP contribution in [0.2, 0.25) is 10.0 Å². The molecule has 0 unspecified atom stereocenters. The second-order valence-corrected chi connectivity index (χ2v) is 8.62. The molecule has 3 amide bonds. The normalized spacial score (nSPS) is 13.2. The zero-order valence-electron chi connectivity index (χ0n) is 17.4. The van der Waals surface area contributed by atoms with Gasteiger partial charge in [0.1, 0.15) is 12.4 Å². The number of hydrogen-bond acceptors (Lipinski definition) is 4. The van der Waals surface area contributed by atoms with E-state index >= 15 is 0 Å². The van der Waals surface area contributed by atoms with E-state index in [1.807, 2.05) is 0 Å². The molecule has 1 aromatic heterocycles. The molecule has 1 heterocycles. The van der Waals surface area contributed by atoms with Crippen LogP contribution in [-0.2, 0) is 22.7 Å². The van der Waals surface area contributed by atoms with Crippen LogP contribution in [0.3, 0.4) is 0 Å². The highest BCUT2D eigenvalue weighted by molar-refractivity contribution is 6.31. The SMILES string of the molecule is NC(=O)c1nn(CC(=O)N(CC(=O)NCc2cccc(Cl)c2F)C2CC2)c2cc(Cl)ccc12. The van der Waals surface area contributed by atoms with E-state index in [0.29, 0.717) is 15.9 Å². The lowest BCUT2D eigenvalue weighted by atomic mass is 10.2. The van der Waals surface area contributed by atoms with E-state index in [-0.39, 0.29) is 47.9 Å². The molecule has 172 valence electrons. The van der Waals surface area contributed by atoms with Crippen molar-refractivity contribution >= 4 is 51.8 Å². The zero-order chi connectivity index (χ0) is 23.7. The van der Waals surface area contributed by atoms with Crippen LogP contribution >= 0.6 is 23.2 Å². The molecule has 11 heteroatoms. The lowest BCUT2D eigenvalue weighted by molar-refractivity contribution is -0.137. The Morgan fingerprint density at radius 2 is 1.97 bits per heavy atom. The molecule has 0 atom stereocenters. The van der Waals surface area contributed by atoms with Gasteiger partial charge in [-0.3, -0.25) is 19.1 Å². The van der Waals surface area contributed by atoms with Gasteiger partial charge in [0, 0.05) is 28.6 Å². The van der Waals surface area contributed by atoms with Crippen LogP contribution in [0.4, 0.5) is 4.39 Å². The molecule has 8 nitrogen and oxygen atoms in total. The Bertz CT molecular complexity index is 1260. The van der Waals surface area contributed by atoms with Crippen molar-refractivity contribution in [1.82, 2.24) is 20.0 Å². The van der Waals surface area contributed by atoms with Crippen molar-refractivity contribution in [3.8, 4) is 0 Å². The quantitative estimate of drug-likeness (QED) is 0.504. The molecule has 33 heavy (non-hydrogen) atoms. The first-order valence-electron chi connectivity index (χ1n) is 10.2. The summed E-state index contributed by atoms with van der Waals surface area (Å²) in [6.07, 6.45) is 1.56. The third-order valence-corrected chi connectivity index (χ3v) is 5.89. The van der Waals surface area contributed by atoms with Gasteiger partial charge >= 0.3 is 0 Å². The van der Waals surface area contributed by atoms with Gasteiger partial charge in [-0.05, 0) is 37.1 Å². The minimum Gasteiger partial charge on any atom is -0.364 e. The highest BCUT2D eigenvalue weighted by Crippen LogP contribution is 2.28. The van der Waals surface area contributed by atoms with Gasteiger partial charge in [0.2, 0.25) is 11.8 Å². The number of amides is 3. The number of carbonyl (C=O) groups is 3.